The summed E-state index contributed by atoms with van der Waals surface area (Å²) in [5.74, 6) is -1.98. The minimum atomic E-state index is -1.31. The number of halogens is 3. The third kappa shape index (κ3) is 4.69. The first kappa shape index (κ1) is 27.9. The number of hydrogen-bond acceptors (Lipinski definition) is 3. The largest absolute Gasteiger partial charge is 0.366 e. The van der Waals surface area contributed by atoms with Gasteiger partial charge >= 0.3 is 6.03 Å². The van der Waals surface area contributed by atoms with E-state index in [1.165, 1.54) is 23.1 Å². The van der Waals surface area contributed by atoms with E-state index in [9.17, 15) is 14.4 Å². The predicted octanol–water partition coefficient (Wildman–Crippen LogP) is 6.76. The highest BCUT2D eigenvalue weighted by Gasteiger charge is 2.65. The van der Waals surface area contributed by atoms with E-state index in [0.717, 1.165) is 0 Å². The topological polar surface area (TPSA) is 105 Å². The highest BCUT2D eigenvalue weighted by molar-refractivity contribution is 6.31. The zero-order chi connectivity index (χ0) is 29.0. The van der Waals surface area contributed by atoms with Crippen LogP contribution in [0, 0.1) is 17.2 Å². The van der Waals surface area contributed by atoms with Crippen molar-refractivity contribution in [2.24, 2.45) is 17.1 Å². The van der Waals surface area contributed by atoms with Crippen LogP contribution in [0.25, 0.3) is 0 Å². The van der Waals surface area contributed by atoms with Crippen molar-refractivity contribution in [3.63, 3.8) is 0 Å². The number of carbonyl (C=O) groups is 3. The molecule has 1 saturated heterocycles. The van der Waals surface area contributed by atoms with Gasteiger partial charge in [0.2, 0.25) is 11.8 Å². The first-order chi connectivity index (χ1) is 18.8. The van der Waals surface area contributed by atoms with Crippen molar-refractivity contribution in [2.45, 2.75) is 38.6 Å². The summed E-state index contributed by atoms with van der Waals surface area (Å²) in [6, 6.07) is 14.3. The molecule has 3 aromatic rings. The Morgan fingerprint density at radius 3 is 2.48 bits per heavy atom. The van der Waals surface area contributed by atoms with Crippen molar-refractivity contribution < 1.29 is 18.8 Å². The molecule has 40 heavy (non-hydrogen) atoms. The highest BCUT2D eigenvalue weighted by atomic mass is 35.5. The Morgan fingerprint density at radius 2 is 1.82 bits per heavy atom. The smallest absolute Gasteiger partial charge is 0.322 e. The van der Waals surface area contributed by atoms with Crippen molar-refractivity contribution in [2.75, 3.05) is 17.2 Å². The molecule has 208 valence electrons. The maximum atomic E-state index is 15.8. The summed E-state index contributed by atoms with van der Waals surface area (Å²) >= 11 is 12.5. The first-order valence-electron chi connectivity index (χ1n) is 12.9. The first-order valence-corrected chi connectivity index (χ1v) is 13.6. The summed E-state index contributed by atoms with van der Waals surface area (Å²) < 4.78 is 15.8. The van der Waals surface area contributed by atoms with Gasteiger partial charge in [-0.2, -0.15) is 0 Å². The molecule has 0 bridgehead atoms. The van der Waals surface area contributed by atoms with Crippen LogP contribution in [0.4, 0.5) is 20.6 Å². The van der Waals surface area contributed by atoms with E-state index in [2.05, 4.69) is 31.4 Å². The lowest BCUT2D eigenvalue weighted by Crippen LogP contribution is -2.47. The summed E-state index contributed by atoms with van der Waals surface area (Å²) in [5, 5.41) is 6.15. The molecule has 2 aliphatic rings. The molecular formula is C30H29Cl2FN4O3. The molecule has 2 heterocycles. The van der Waals surface area contributed by atoms with Gasteiger partial charge in [0.1, 0.15) is 11.2 Å². The summed E-state index contributed by atoms with van der Waals surface area (Å²) in [4.78, 5) is 41.1. The van der Waals surface area contributed by atoms with Gasteiger partial charge < -0.3 is 21.3 Å². The number of carbonyl (C=O) groups excluding carboxylic acids is 3. The van der Waals surface area contributed by atoms with E-state index in [1.807, 2.05) is 0 Å². The second kappa shape index (κ2) is 10.1. The number of likely N-dealkylation sites (tertiary alicyclic amines) is 1. The van der Waals surface area contributed by atoms with E-state index in [4.69, 9.17) is 28.9 Å². The van der Waals surface area contributed by atoms with Crippen LogP contribution >= 0.6 is 23.2 Å². The third-order valence-electron chi connectivity index (χ3n) is 7.67. The summed E-state index contributed by atoms with van der Waals surface area (Å²) in [6.07, 6.45) is 0.568. The van der Waals surface area contributed by atoms with Gasteiger partial charge in [-0.3, -0.25) is 9.59 Å². The molecule has 4 N–H and O–H groups in total. The number of fused-ring (bicyclic) bond motifs is 2. The van der Waals surface area contributed by atoms with Gasteiger partial charge in [-0.1, -0.05) is 62.2 Å². The maximum absolute atomic E-state index is 15.8. The number of rotatable bonds is 4. The van der Waals surface area contributed by atoms with Gasteiger partial charge in [-0.25, -0.2) is 9.18 Å². The number of anilines is 2. The Morgan fingerprint density at radius 1 is 1.12 bits per heavy atom. The number of hydrogen-bond donors (Lipinski definition) is 3. The molecule has 1 spiro atoms. The van der Waals surface area contributed by atoms with Crippen molar-refractivity contribution in [1.29, 1.82) is 0 Å². The van der Waals surface area contributed by atoms with Crippen LogP contribution < -0.4 is 16.4 Å². The normalized spacial score (nSPS) is 21.9. The Kier molecular flexibility index (Phi) is 7.04. The van der Waals surface area contributed by atoms with Crippen LogP contribution in [0.15, 0.2) is 60.7 Å². The minimum Gasteiger partial charge on any atom is -0.366 e. The van der Waals surface area contributed by atoms with Crippen LogP contribution in [0.3, 0.4) is 0 Å². The Bertz CT molecular complexity index is 1520. The van der Waals surface area contributed by atoms with Crippen molar-refractivity contribution in [3.8, 4) is 0 Å². The van der Waals surface area contributed by atoms with Gasteiger partial charge in [-0.15, -0.1) is 0 Å². The summed E-state index contributed by atoms with van der Waals surface area (Å²) in [6.45, 7) is 6.37. The zero-order valence-corrected chi connectivity index (χ0v) is 23.7. The number of primary amides is 1. The SMILES string of the molecule is CC(C)(C)C[C@@H]1CN(C(=O)Nc2ccc(C(N)=O)cc2)[C@H](c2cccc(Cl)c2F)C12C(=O)Nc1cc(Cl)ccc12. The maximum Gasteiger partial charge on any atom is 0.322 e. The van der Waals surface area contributed by atoms with Crippen LogP contribution in [0.1, 0.15) is 54.7 Å². The van der Waals surface area contributed by atoms with E-state index in [0.29, 0.717) is 33.9 Å². The molecule has 4 amide bonds. The second-order valence-corrected chi connectivity index (χ2v) is 12.4. The lowest BCUT2D eigenvalue weighted by molar-refractivity contribution is -0.123. The van der Waals surface area contributed by atoms with E-state index < -0.39 is 29.2 Å². The Hall–Kier alpha value is -3.62. The average molecular weight is 583 g/mol. The quantitative estimate of drug-likeness (QED) is 0.316. The molecular weight excluding hydrogens is 554 g/mol. The molecule has 0 aliphatic carbocycles. The minimum absolute atomic E-state index is 0.107. The number of nitrogens with one attached hydrogen (secondary N) is 2. The predicted molar refractivity (Wildman–Crippen MR) is 154 cm³/mol. The zero-order valence-electron chi connectivity index (χ0n) is 22.2. The van der Waals surface area contributed by atoms with Gasteiger partial charge in [0.25, 0.3) is 0 Å². The molecule has 7 nitrogen and oxygen atoms in total. The van der Waals surface area contributed by atoms with Gasteiger partial charge in [0.15, 0.2) is 0 Å². The monoisotopic (exact) mass is 582 g/mol. The van der Waals surface area contributed by atoms with Crippen molar-refractivity contribution in [1.82, 2.24) is 4.90 Å². The molecule has 2 aliphatic heterocycles. The molecule has 0 aromatic heterocycles. The van der Waals surface area contributed by atoms with Crippen LogP contribution in [-0.4, -0.2) is 29.3 Å². The van der Waals surface area contributed by atoms with Gasteiger partial charge in [0, 0.05) is 34.1 Å². The fourth-order valence-corrected chi connectivity index (χ4v) is 6.54. The molecule has 1 unspecified atom stereocenters. The van der Waals surface area contributed by atoms with Crippen LogP contribution in [0.5, 0.6) is 0 Å². The number of amides is 4. The number of nitrogens with two attached hydrogens (primary N) is 1. The van der Waals surface area contributed by atoms with Crippen LogP contribution in [-0.2, 0) is 10.2 Å². The van der Waals surface area contributed by atoms with Gasteiger partial charge in [-0.05, 0) is 65.8 Å². The molecule has 1 fully saturated rings. The highest BCUT2D eigenvalue weighted by Crippen LogP contribution is 2.60. The number of nitrogens with zero attached hydrogens (tertiary/aromatic N) is 1. The molecule has 3 atom stereocenters. The fourth-order valence-electron chi connectivity index (χ4n) is 6.18. The van der Waals surface area contributed by atoms with E-state index in [-0.39, 0.29) is 34.4 Å². The molecule has 5 rings (SSSR count). The number of benzene rings is 3. The molecule has 0 saturated carbocycles. The standard InChI is InChI=1S/C30H29Cl2FN4O3/c1-29(2,3)14-17-15-37(28(40)35-19-10-7-16(8-11-19)26(34)38)25(20-5-4-6-22(32)24(20)33)30(17)21-12-9-18(31)13-23(21)36-27(30)39/h4-13,17,25H,14-15H2,1-3H3,(H2,34,38)(H,35,40)(H,36,39)/t17-,25-,30?/m1/s1. The average Bonchev–Trinajstić information content (AvgIpc) is 3.35. The van der Waals surface area contributed by atoms with Gasteiger partial charge in [0.05, 0.1) is 11.1 Å². The molecule has 3 aromatic carbocycles. The number of urea groups is 1. The lowest BCUT2D eigenvalue weighted by atomic mass is 9.63. The summed E-state index contributed by atoms with van der Waals surface area (Å²) in [5.41, 5.74) is 5.84. The summed E-state index contributed by atoms with van der Waals surface area (Å²) in [7, 11) is 0. The molecule has 0 radical (unpaired) electrons. The van der Waals surface area contributed by atoms with E-state index in [1.54, 1.807) is 42.5 Å². The third-order valence-corrected chi connectivity index (χ3v) is 8.20. The second-order valence-electron chi connectivity index (χ2n) is 11.5. The fraction of sp³-hybridized carbons (Fsp3) is 0.300. The molecule has 10 heteroatoms. The van der Waals surface area contributed by atoms with E-state index >= 15 is 4.39 Å². The Labute approximate surface area is 241 Å². The van der Waals surface area contributed by atoms with Crippen molar-refractivity contribution in [3.05, 3.63) is 93.2 Å². The van der Waals surface area contributed by atoms with Crippen molar-refractivity contribution >= 4 is 52.4 Å². The lowest BCUT2D eigenvalue weighted by Gasteiger charge is -2.38. The Balaban J connectivity index is 1.69. The van der Waals surface area contributed by atoms with Crippen LogP contribution in [0.2, 0.25) is 10.0 Å².